The van der Waals surface area contributed by atoms with Gasteiger partial charge < -0.3 is 10.1 Å². The Morgan fingerprint density at radius 3 is 2.55 bits per heavy atom. The Labute approximate surface area is 131 Å². The number of ether oxygens (including phenoxy) is 1. The standard InChI is InChI=1S/C14H13ClN4O3/c1-8-5-17-11(7-16-8)14(21)22-9(2)13(20)19-12-4-3-10(15)6-18-12/h3-7,9H,1-2H3,(H,18,19,20)/t9-/m0/s1. The second-order valence-corrected chi connectivity index (χ2v) is 4.88. The van der Waals surface area contributed by atoms with Gasteiger partial charge >= 0.3 is 5.97 Å². The summed E-state index contributed by atoms with van der Waals surface area (Å²) in [7, 11) is 0. The average Bonchev–Trinajstić information content (AvgIpc) is 2.50. The highest BCUT2D eigenvalue weighted by Crippen LogP contribution is 2.10. The summed E-state index contributed by atoms with van der Waals surface area (Å²) in [6.07, 6.45) is 3.13. The van der Waals surface area contributed by atoms with E-state index in [1.54, 1.807) is 19.1 Å². The number of amides is 1. The van der Waals surface area contributed by atoms with Gasteiger partial charge in [0.1, 0.15) is 5.82 Å². The maximum absolute atomic E-state index is 11.9. The minimum Gasteiger partial charge on any atom is -0.448 e. The molecule has 0 aliphatic carbocycles. The molecule has 2 aromatic heterocycles. The highest BCUT2D eigenvalue weighted by molar-refractivity contribution is 6.30. The van der Waals surface area contributed by atoms with Crippen LogP contribution in [0.15, 0.2) is 30.7 Å². The van der Waals surface area contributed by atoms with Gasteiger partial charge in [0.2, 0.25) is 0 Å². The third-order valence-corrected chi connectivity index (χ3v) is 2.85. The van der Waals surface area contributed by atoms with Crippen LogP contribution in [0, 0.1) is 6.92 Å². The van der Waals surface area contributed by atoms with Gasteiger partial charge in [-0.05, 0) is 26.0 Å². The molecule has 0 bridgehead atoms. The minimum atomic E-state index is -1.01. The number of esters is 1. The fraction of sp³-hybridized carbons (Fsp3) is 0.214. The van der Waals surface area contributed by atoms with Gasteiger partial charge in [0, 0.05) is 12.4 Å². The van der Waals surface area contributed by atoms with Gasteiger partial charge in [0.25, 0.3) is 5.91 Å². The largest absolute Gasteiger partial charge is 0.448 e. The Balaban J connectivity index is 1.94. The zero-order valence-electron chi connectivity index (χ0n) is 11.9. The summed E-state index contributed by atoms with van der Waals surface area (Å²) in [5, 5.41) is 2.97. The lowest BCUT2D eigenvalue weighted by atomic mass is 10.3. The quantitative estimate of drug-likeness (QED) is 0.866. The van der Waals surface area contributed by atoms with Crippen LogP contribution in [0.25, 0.3) is 0 Å². The summed E-state index contributed by atoms with van der Waals surface area (Å²) in [6, 6.07) is 3.13. The summed E-state index contributed by atoms with van der Waals surface area (Å²) >= 11 is 5.70. The van der Waals surface area contributed by atoms with Crippen LogP contribution < -0.4 is 5.32 Å². The molecule has 114 valence electrons. The van der Waals surface area contributed by atoms with Gasteiger partial charge in [-0.3, -0.25) is 9.78 Å². The van der Waals surface area contributed by atoms with Crippen LogP contribution >= 0.6 is 11.6 Å². The second-order valence-electron chi connectivity index (χ2n) is 4.44. The third-order valence-electron chi connectivity index (χ3n) is 2.62. The molecule has 0 aliphatic rings. The molecule has 1 atom stereocenters. The van der Waals surface area contributed by atoms with Crippen LogP contribution in [-0.4, -0.2) is 32.9 Å². The molecule has 0 saturated carbocycles. The van der Waals surface area contributed by atoms with Gasteiger partial charge in [-0.1, -0.05) is 11.6 Å². The molecular formula is C14H13ClN4O3. The van der Waals surface area contributed by atoms with E-state index in [9.17, 15) is 9.59 Å². The normalized spacial score (nSPS) is 11.6. The molecule has 22 heavy (non-hydrogen) atoms. The number of aromatic nitrogens is 3. The van der Waals surface area contributed by atoms with Crippen LogP contribution in [0.5, 0.6) is 0 Å². The molecule has 0 fully saturated rings. The second kappa shape index (κ2) is 6.95. The lowest BCUT2D eigenvalue weighted by molar-refractivity contribution is -0.123. The Hall–Kier alpha value is -2.54. The van der Waals surface area contributed by atoms with Crippen molar-refractivity contribution in [3.8, 4) is 0 Å². The Morgan fingerprint density at radius 2 is 1.95 bits per heavy atom. The van der Waals surface area contributed by atoms with E-state index in [2.05, 4.69) is 20.3 Å². The van der Waals surface area contributed by atoms with Crippen molar-refractivity contribution in [2.24, 2.45) is 0 Å². The number of hydrogen-bond donors (Lipinski definition) is 1. The lowest BCUT2D eigenvalue weighted by Gasteiger charge is -2.12. The minimum absolute atomic E-state index is 0.0369. The molecule has 0 unspecified atom stereocenters. The first kappa shape index (κ1) is 15.8. The maximum atomic E-state index is 11.9. The summed E-state index contributed by atoms with van der Waals surface area (Å²) in [5.41, 5.74) is 0.714. The molecule has 0 aromatic carbocycles. The number of rotatable bonds is 4. The third kappa shape index (κ3) is 4.23. The van der Waals surface area contributed by atoms with Gasteiger partial charge in [0.15, 0.2) is 11.8 Å². The van der Waals surface area contributed by atoms with Gasteiger partial charge in [-0.15, -0.1) is 0 Å². The van der Waals surface area contributed by atoms with E-state index in [1.165, 1.54) is 25.5 Å². The Kier molecular flexibility index (Phi) is 5.00. The van der Waals surface area contributed by atoms with E-state index in [1.807, 2.05) is 0 Å². The maximum Gasteiger partial charge on any atom is 0.359 e. The Bertz CT molecular complexity index is 673. The zero-order valence-corrected chi connectivity index (χ0v) is 12.7. The number of pyridine rings is 1. The number of anilines is 1. The lowest BCUT2D eigenvalue weighted by Crippen LogP contribution is -2.30. The summed E-state index contributed by atoms with van der Waals surface area (Å²) < 4.78 is 5.03. The van der Waals surface area contributed by atoms with E-state index in [4.69, 9.17) is 16.3 Å². The molecule has 2 heterocycles. The number of nitrogens with one attached hydrogen (secondary N) is 1. The molecule has 8 heteroatoms. The van der Waals surface area contributed by atoms with Crippen molar-refractivity contribution in [3.05, 3.63) is 47.1 Å². The molecule has 1 amide bonds. The molecule has 0 spiro atoms. The number of carbonyl (C=O) groups is 2. The van der Waals surface area contributed by atoms with Crippen molar-refractivity contribution in [2.45, 2.75) is 20.0 Å². The van der Waals surface area contributed by atoms with Crippen molar-refractivity contribution in [1.82, 2.24) is 15.0 Å². The zero-order chi connectivity index (χ0) is 16.1. The molecular weight excluding hydrogens is 308 g/mol. The number of hydrogen-bond acceptors (Lipinski definition) is 6. The molecule has 0 saturated heterocycles. The number of carbonyl (C=O) groups excluding carboxylic acids is 2. The first-order chi connectivity index (χ1) is 10.5. The Morgan fingerprint density at radius 1 is 1.18 bits per heavy atom. The topological polar surface area (TPSA) is 94.1 Å². The molecule has 0 radical (unpaired) electrons. The molecule has 2 rings (SSSR count). The van der Waals surface area contributed by atoms with E-state index >= 15 is 0 Å². The van der Waals surface area contributed by atoms with E-state index in [0.29, 0.717) is 16.5 Å². The molecule has 2 aromatic rings. The monoisotopic (exact) mass is 320 g/mol. The van der Waals surface area contributed by atoms with Gasteiger partial charge in [0.05, 0.1) is 16.9 Å². The van der Waals surface area contributed by atoms with Crippen molar-refractivity contribution in [2.75, 3.05) is 5.32 Å². The van der Waals surface area contributed by atoms with Crippen molar-refractivity contribution in [3.63, 3.8) is 0 Å². The van der Waals surface area contributed by atoms with Gasteiger partial charge in [-0.2, -0.15) is 0 Å². The van der Waals surface area contributed by atoms with E-state index in [-0.39, 0.29) is 5.69 Å². The van der Waals surface area contributed by atoms with Crippen LogP contribution in [-0.2, 0) is 9.53 Å². The number of nitrogens with zero attached hydrogens (tertiary/aromatic N) is 3. The fourth-order valence-electron chi connectivity index (χ4n) is 1.45. The van der Waals surface area contributed by atoms with Crippen LogP contribution in [0.1, 0.15) is 23.1 Å². The average molecular weight is 321 g/mol. The molecule has 0 aliphatic heterocycles. The van der Waals surface area contributed by atoms with Crippen molar-refractivity contribution < 1.29 is 14.3 Å². The van der Waals surface area contributed by atoms with Crippen LogP contribution in [0.4, 0.5) is 5.82 Å². The van der Waals surface area contributed by atoms with Crippen molar-refractivity contribution >= 4 is 29.3 Å². The van der Waals surface area contributed by atoms with Crippen LogP contribution in [0.2, 0.25) is 5.02 Å². The smallest absolute Gasteiger partial charge is 0.359 e. The van der Waals surface area contributed by atoms with E-state index < -0.39 is 18.0 Å². The molecule has 7 nitrogen and oxygen atoms in total. The fourth-order valence-corrected chi connectivity index (χ4v) is 1.56. The first-order valence-corrected chi connectivity index (χ1v) is 6.75. The SMILES string of the molecule is Cc1cnc(C(=O)O[C@@H](C)C(=O)Nc2ccc(Cl)cn2)cn1. The van der Waals surface area contributed by atoms with Crippen LogP contribution in [0.3, 0.4) is 0 Å². The van der Waals surface area contributed by atoms with Crippen molar-refractivity contribution in [1.29, 1.82) is 0 Å². The van der Waals surface area contributed by atoms with E-state index in [0.717, 1.165) is 0 Å². The summed E-state index contributed by atoms with van der Waals surface area (Å²) in [5.74, 6) is -0.921. The summed E-state index contributed by atoms with van der Waals surface area (Å²) in [6.45, 7) is 3.20. The number of halogens is 1. The highest BCUT2D eigenvalue weighted by atomic mass is 35.5. The first-order valence-electron chi connectivity index (χ1n) is 6.38. The number of aryl methyl sites for hydroxylation is 1. The predicted octanol–water partition coefficient (Wildman–Crippen LogP) is 2.02. The molecule has 1 N–H and O–H groups in total. The summed E-state index contributed by atoms with van der Waals surface area (Å²) in [4.78, 5) is 35.5. The van der Waals surface area contributed by atoms with Gasteiger partial charge in [-0.25, -0.2) is 14.8 Å². The predicted molar refractivity (Wildman–Crippen MR) is 79.5 cm³/mol. The highest BCUT2D eigenvalue weighted by Gasteiger charge is 2.20.